The number of benzene rings is 1. The summed E-state index contributed by atoms with van der Waals surface area (Å²) in [6.07, 6.45) is 2.21. The molecule has 0 fully saturated rings. The molecule has 0 radical (unpaired) electrons. The van der Waals surface area contributed by atoms with Gasteiger partial charge in [-0.3, -0.25) is 4.79 Å². The lowest BCUT2D eigenvalue weighted by molar-refractivity contribution is -0.115. The number of nitrogens with zero attached hydrogens (tertiary/aromatic N) is 1. The van der Waals surface area contributed by atoms with Gasteiger partial charge in [-0.1, -0.05) is 11.6 Å². The second-order valence-electron chi connectivity index (χ2n) is 5.51. The average Bonchev–Trinajstić information content (AvgIpc) is 2.44. The Bertz CT molecular complexity index is 420. The SMILES string of the molecule is CC(C)N(C)CCCCNCC(=O)Nc1ccc(Cl)cc1. The molecule has 1 rings (SSSR count). The minimum Gasteiger partial charge on any atom is -0.325 e. The molecule has 118 valence electrons. The molecule has 0 heterocycles. The van der Waals surface area contributed by atoms with Crippen LogP contribution in [0.15, 0.2) is 24.3 Å². The second kappa shape index (κ2) is 9.77. The van der Waals surface area contributed by atoms with Crippen molar-refractivity contribution < 1.29 is 4.79 Å². The van der Waals surface area contributed by atoms with Crippen LogP contribution >= 0.6 is 11.6 Å². The van der Waals surface area contributed by atoms with Gasteiger partial charge >= 0.3 is 0 Å². The van der Waals surface area contributed by atoms with Crippen LogP contribution in [0, 0.1) is 0 Å². The van der Waals surface area contributed by atoms with Crippen LogP contribution in [-0.4, -0.2) is 43.5 Å². The first kappa shape index (κ1) is 18.0. The molecule has 0 aromatic heterocycles. The fraction of sp³-hybridized carbons (Fsp3) is 0.562. The van der Waals surface area contributed by atoms with Crippen molar-refractivity contribution in [1.29, 1.82) is 0 Å². The van der Waals surface area contributed by atoms with Gasteiger partial charge in [0.2, 0.25) is 5.91 Å². The van der Waals surface area contributed by atoms with Gasteiger partial charge in [0.25, 0.3) is 0 Å². The summed E-state index contributed by atoms with van der Waals surface area (Å²) in [6.45, 7) is 6.68. The molecule has 0 unspecified atom stereocenters. The summed E-state index contributed by atoms with van der Waals surface area (Å²) in [4.78, 5) is 14.0. The molecule has 0 atom stereocenters. The molecule has 4 nitrogen and oxygen atoms in total. The Kier molecular flexibility index (Phi) is 8.35. The van der Waals surface area contributed by atoms with Crippen molar-refractivity contribution in [2.75, 3.05) is 32.0 Å². The largest absolute Gasteiger partial charge is 0.325 e. The molecule has 0 saturated heterocycles. The van der Waals surface area contributed by atoms with Crippen LogP contribution in [0.3, 0.4) is 0 Å². The van der Waals surface area contributed by atoms with Gasteiger partial charge in [-0.15, -0.1) is 0 Å². The van der Waals surface area contributed by atoms with Crippen LogP contribution in [0.25, 0.3) is 0 Å². The number of rotatable bonds is 9. The van der Waals surface area contributed by atoms with Crippen LogP contribution in [0.5, 0.6) is 0 Å². The van der Waals surface area contributed by atoms with Crippen molar-refractivity contribution in [3.8, 4) is 0 Å². The molecule has 21 heavy (non-hydrogen) atoms. The van der Waals surface area contributed by atoms with Crippen molar-refractivity contribution in [3.05, 3.63) is 29.3 Å². The molecular weight excluding hydrogens is 286 g/mol. The molecule has 1 aromatic rings. The molecule has 0 bridgehead atoms. The highest BCUT2D eigenvalue weighted by atomic mass is 35.5. The van der Waals surface area contributed by atoms with Gasteiger partial charge in [0.1, 0.15) is 0 Å². The maximum atomic E-state index is 11.7. The minimum absolute atomic E-state index is 0.0309. The van der Waals surface area contributed by atoms with E-state index in [0.29, 0.717) is 17.6 Å². The summed E-state index contributed by atoms with van der Waals surface area (Å²) in [5, 5.41) is 6.65. The van der Waals surface area contributed by atoms with Gasteiger partial charge in [0.05, 0.1) is 6.54 Å². The Hall–Kier alpha value is -1.10. The minimum atomic E-state index is -0.0309. The molecule has 5 heteroatoms. The van der Waals surface area contributed by atoms with Crippen LogP contribution in [0.4, 0.5) is 5.69 Å². The number of halogens is 1. The van der Waals surface area contributed by atoms with E-state index in [0.717, 1.165) is 31.6 Å². The maximum Gasteiger partial charge on any atom is 0.238 e. The number of hydrogen-bond acceptors (Lipinski definition) is 3. The molecule has 1 amide bonds. The van der Waals surface area contributed by atoms with Crippen molar-refractivity contribution in [2.45, 2.75) is 32.7 Å². The summed E-state index contributed by atoms with van der Waals surface area (Å²) >= 11 is 5.79. The number of anilines is 1. The molecular formula is C16H26ClN3O. The number of nitrogens with one attached hydrogen (secondary N) is 2. The highest BCUT2D eigenvalue weighted by Gasteiger charge is 2.03. The van der Waals surface area contributed by atoms with Gasteiger partial charge < -0.3 is 15.5 Å². The predicted molar refractivity (Wildman–Crippen MR) is 90.0 cm³/mol. The Balaban J connectivity index is 2.07. The van der Waals surface area contributed by atoms with Crippen LogP contribution in [0.2, 0.25) is 5.02 Å². The number of unbranched alkanes of at least 4 members (excludes halogenated alkanes) is 1. The zero-order valence-electron chi connectivity index (χ0n) is 13.2. The Morgan fingerprint density at radius 1 is 1.24 bits per heavy atom. The van der Waals surface area contributed by atoms with E-state index >= 15 is 0 Å². The van der Waals surface area contributed by atoms with Crippen LogP contribution in [0.1, 0.15) is 26.7 Å². The Labute approximate surface area is 132 Å². The van der Waals surface area contributed by atoms with Crippen molar-refractivity contribution >= 4 is 23.2 Å². The first-order valence-corrected chi connectivity index (χ1v) is 7.83. The topological polar surface area (TPSA) is 44.4 Å². The van der Waals surface area contributed by atoms with E-state index in [1.807, 2.05) is 0 Å². The average molecular weight is 312 g/mol. The smallest absolute Gasteiger partial charge is 0.238 e. The van der Waals surface area contributed by atoms with Crippen molar-refractivity contribution in [2.24, 2.45) is 0 Å². The zero-order chi connectivity index (χ0) is 15.7. The summed E-state index contributed by atoms with van der Waals surface area (Å²) in [5.41, 5.74) is 0.768. The van der Waals surface area contributed by atoms with E-state index in [1.165, 1.54) is 0 Å². The molecule has 0 spiro atoms. The quantitative estimate of drug-likeness (QED) is 0.689. The van der Waals surface area contributed by atoms with Crippen molar-refractivity contribution in [1.82, 2.24) is 10.2 Å². The third-order valence-corrected chi connectivity index (χ3v) is 3.66. The van der Waals surface area contributed by atoms with Gasteiger partial charge in [0.15, 0.2) is 0 Å². The monoisotopic (exact) mass is 311 g/mol. The lowest BCUT2D eigenvalue weighted by Crippen LogP contribution is -2.30. The highest BCUT2D eigenvalue weighted by Crippen LogP contribution is 2.12. The third-order valence-electron chi connectivity index (χ3n) is 3.41. The van der Waals surface area contributed by atoms with Crippen molar-refractivity contribution in [3.63, 3.8) is 0 Å². The first-order chi connectivity index (χ1) is 9.99. The normalized spacial score (nSPS) is 11.1. The van der Waals surface area contributed by atoms with Gasteiger partial charge in [-0.25, -0.2) is 0 Å². The van der Waals surface area contributed by atoms with Gasteiger partial charge in [-0.2, -0.15) is 0 Å². The molecule has 0 saturated carbocycles. The Morgan fingerprint density at radius 3 is 2.52 bits per heavy atom. The zero-order valence-corrected chi connectivity index (χ0v) is 13.9. The van der Waals surface area contributed by atoms with Crippen LogP contribution in [-0.2, 0) is 4.79 Å². The Morgan fingerprint density at radius 2 is 1.90 bits per heavy atom. The number of amides is 1. The summed E-state index contributed by atoms with van der Waals surface area (Å²) in [5.74, 6) is -0.0309. The first-order valence-electron chi connectivity index (χ1n) is 7.45. The van der Waals surface area contributed by atoms with E-state index in [-0.39, 0.29) is 5.91 Å². The lowest BCUT2D eigenvalue weighted by atomic mass is 10.2. The molecule has 2 N–H and O–H groups in total. The molecule has 0 aliphatic carbocycles. The third kappa shape index (κ3) is 8.05. The molecule has 1 aromatic carbocycles. The van der Waals surface area contributed by atoms with E-state index in [4.69, 9.17) is 11.6 Å². The number of hydrogen-bond donors (Lipinski definition) is 2. The molecule has 0 aliphatic heterocycles. The summed E-state index contributed by atoms with van der Waals surface area (Å²) in [6, 6.07) is 7.69. The summed E-state index contributed by atoms with van der Waals surface area (Å²) < 4.78 is 0. The maximum absolute atomic E-state index is 11.7. The summed E-state index contributed by atoms with van der Waals surface area (Å²) in [7, 11) is 2.14. The highest BCUT2D eigenvalue weighted by molar-refractivity contribution is 6.30. The van der Waals surface area contributed by atoms with E-state index in [2.05, 4.69) is 36.4 Å². The fourth-order valence-corrected chi connectivity index (χ4v) is 1.94. The fourth-order valence-electron chi connectivity index (χ4n) is 1.81. The van der Waals surface area contributed by atoms with Gasteiger partial charge in [-0.05, 0) is 71.1 Å². The van der Waals surface area contributed by atoms with E-state index in [1.54, 1.807) is 24.3 Å². The lowest BCUT2D eigenvalue weighted by Gasteiger charge is -2.20. The van der Waals surface area contributed by atoms with Gasteiger partial charge in [0, 0.05) is 16.8 Å². The van der Waals surface area contributed by atoms with E-state index < -0.39 is 0 Å². The standard InChI is InChI=1S/C16H26ClN3O/c1-13(2)20(3)11-5-4-10-18-12-16(21)19-15-8-6-14(17)7-9-15/h6-9,13,18H,4-5,10-12H2,1-3H3,(H,19,21). The van der Waals surface area contributed by atoms with E-state index in [9.17, 15) is 4.79 Å². The number of carbonyl (C=O) groups excluding carboxylic acids is 1. The van der Waals surface area contributed by atoms with Crippen LogP contribution < -0.4 is 10.6 Å². The second-order valence-corrected chi connectivity index (χ2v) is 5.95. The molecule has 0 aliphatic rings. The number of carbonyl (C=O) groups is 1. The predicted octanol–water partition coefficient (Wildman–Crippen LogP) is 2.99.